The van der Waals surface area contributed by atoms with Crippen molar-refractivity contribution >= 4 is 38.9 Å². The standard InChI is InChI=1S/C15H18BrN5O2/c1-3-4-9-20(2)15-13(21(22)23)14(17-10-18-15)19-12-8-6-5-7-11(12)16/h5-8,10H,3-4,9H2,1-2H3,(H,17,18,19). The molecular weight excluding hydrogens is 362 g/mol. The van der Waals surface area contributed by atoms with Gasteiger partial charge in [-0.1, -0.05) is 25.5 Å². The maximum atomic E-state index is 11.5. The number of nitrogens with one attached hydrogen (secondary N) is 1. The summed E-state index contributed by atoms with van der Waals surface area (Å²) in [7, 11) is 1.80. The van der Waals surface area contributed by atoms with Crippen molar-refractivity contribution in [1.82, 2.24) is 9.97 Å². The molecule has 1 heterocycles. The minimum absolute atomic E-state index is 0.123. The fourth-order valence-corrected chi connectivity index (χ4v) is 2.48. The molecule has 0 radical (unpaired) electrons. The van der Waals surface area contributed by atoms with Gasteiger partial charge in [-0.05, 0) is 34.5 Å². The Morgan fingerprint density at radius 1 is 1.35 bits per heavy atom. The monoisotopic (exact) mass is 379 g/mol. The van der Waals surface area contributed by atoms with Gasteiger partial charge in [0.15, 0.2) is 0 Å². The van der Waals surface area contributed by atoms with E-state index in [0.29, 0.717) is 18.1 Å². The maximum Gasteiger partial charge on any atom is 0.353 e. The summed E-state index contributed by atoms with van der Waals surface area (Å²) in [6, 6.07) is 7.38. The second kappa shape index (κ2) is 7.87. The number of rotatable bonds is 7. The van der Waals surface area contributed by atoms with E-state index in [1.165, 1.54) is 6.33 Å². The summed E-state index contributed by atoms with van der Waals surface area (Å²) < 4.78 is 0.800. The summed E-state index contributed by atoms with van der Waals surface area (Å²) in [6.07, 6.45) is 3.28. The van der Waals surface area contributed by atoms with Gasteiger partial charge in [-0.3, -0.25) is 10.1 Å². The fourth-order valence-electron chi connectivity index (χ4n) is 2.10. The molecule has 0 aliphatic rings. The van der Waals surface area contributed by atoms with Crippen LogP contribution >= 0.6 is 15.9 Å². The molecule has 0 atom stereocenters. The average Bonchev–Trinajstić information content (AvgIpc) is 2.54. The Bertz CT molecular complexity index is 695. The third-order valence-corrected chi connectivity index (χ3v) is 4.01. The summed E-state index contributed by atoms with van der Waals surface area (Å²) in [5, 5.41) is 14.6. The van der Waals surface area contributed by atoms with E-state index in [1.807, 2.05) is 24.3 Å². The first kappa shape index (κ1) is 17.1. The van der Waals surface area contributed by atoms with Crippen molar-refractivity contribution in [2.24, 2.45) is 0 Å². The normalized spacial score (nSPS) is 10.4. The van der Waals surface area contributed by atoms with Gasteiger partial charge in [0.2, 0.25) is 11.6 Å². The molecule has 0 bridgehead atoms. The number of unbranched alkanes of at least 4 members (excludes halogenated alkanes) is 1. The SMILES string of the molecule is CCCCN(C)c1ncnc(Nc2ccccc2Br)c1[N+](=O)[O-]. The first-order valence-corrected chi connectivity index (χ1v) is 8.06. The number of nitrogens with zero attached hydrogens (tertiary/aromatic N) is 4. The van der Waals surface area contributed by atoms with Crippen LogP contribution in [0, 0.1) is 10.1 Å². The van der Waals surface area contributed by atoms with E-state index in [0.717, 1.165) is 17.3 Å². The second-order valence-electron chi connectivity index (χ2n) is 5.03. The van der Waals surface area contributed by atoms with E-state index >= 15 is 0 Å². The van der Waals surface area contributed by atoms with Crippen molar-refractivity contribution in [2.75, 3.05) is 23.8 Å². The lowest BCUT2D eigenvalue weighted by atomic mass is 10.3. The quantitative estimate of drug-likeness (QED) is 0.575. The van der Waals surface area contributed by atoms with E-state index in [2.05, 4.69) is 38.1 Å². The van der Waals surface area contributed by atoms with Crippen LogP contribution in [0.1, 0.15) is 19.8 Å². The number of halogens is 1. The van der Waals surface area contributed by atoms with Crippen LogP contribution in [0.5, 0.6) is 0 Å². The molecule has 0 aliphatic heterocycles. The van der Waals surface area contributed by atoms with Crippen LogP contribution in [0.3, 0.4) is 0 Å². The largest absolute Gasteiger partial charge is 0.354 e. The molecule has 8 heteroatoms. The molecule has 0 amide bonds. The number of para-hydroxylation sites is 1. The van der Waals surface area contributed by atoms with Gasteiger partial charge in [-0.25, -0.2) is 9.97 Å². The summed E-state index contributed by atoms with van der Waals surface area (Å²) in [5.74, 6) is 0.489. The third-order valence-electron chi connectivity index (χ3n) is 3.32. The molecule has 2 rings (SSSR count). The summed E-state index contributed by atoms with van der Waals surface area (Å²) in [6.45, 7) is 2.77. The molecule has 0 saturated heterocycles. The van der Waals surface area contributed by atoms with Gasteiger partial charge in [-0.2, -0.15) is 0 Å². The first-order chi connectivity index (χ1) is 11.0. The first-order valence-electron chi connectivity index (χ1n) is 7.26. The number of benzene rings is 1. The summed E-state index contributed by atoms with van der Waals surface area (Å²) >= 11 is 3.41. The highest BCUT2D eigenvalue weighted by Crippen LogP contribution is 2.34. The van der Waals surface area contributed by atoms with Gasteiger partial charge in [0.05, 0.1) is 10.6 Å². The van der Waals surface area contributed by atoms with E-state index in [1.54, 1.807) is 11.9 Å². The number of hydrogen-bond acceptors (Lipinski definition) is 6. The van der Waals surface area contributed by atoms with E-state index in [-0.39, 0.29) is 11.5 Å². The highest BCUT2D eigenvalue weighted by atomic mass is 79.9. The lowest BCUT2D eigenvalue weighted by Gasteiger charge is -2.18. The van der Waals surface area contributed by atoms with E-state index in [4.69, 9.17) is 0 Å². The molecule has 0 fully saturated rings. The van der Waals surface area contributed by atoms with Crippen LogP contribution in [0.15, 0.2) is 35.1 Å². The van der Waals surface area contributed by atoms with Crippen LogP contribution in [-0.2, 0) is 0 Å². The minimum Gasteiger partial charge on any atom is -0.354 e. The zero-order chi connectivity index (χ0) is 16.8. The molecule has 0 spiro atoms. The highest BCUT2D eigenvalue weighted by Gasteiger charge is 2.25. The molecular formula is C15H18BrN5O2. The van der Waals surface area contributed by atoms with Crippen LogP contribution in [-0.4, -0.2) is 28.5 Å². The van der Waals surface area contributed by atoms with Crippen molar-refractivity contribution in [3.05, 3.63) is 45.2 Å². The van der Waals surface area contributed by atoms with Gasteiger partial charge in [0, 0.05) is 18.1 Å². The number of nitro groups is 1. The van der Waals surface area contributed by atoms with Gasteiger partial charge in [0.1, 0.15) is 6.33 Å². The molecule has 122 valence electrons. The fraction of sp³-hybridized carbons (Fsp3) is 0.333. The van der Waals surface area contributed by atoms with Gasteiger partial charge in [-0.15, -0.1) is 0 Å². The number of hydrogen-bond donors (Lipinski definition) is 1. The summed E-state index contributed by atoms with van der Waals surface area (Å²) in [4.78, 5) is 21.0. The average molecular weight is 380 g/mol. The Kier molecular flexibility index (Phi) is 5.86. The van der Waals surface area contributed by atoms with Gasteiger partial charge in [0.25, 0.3) is 0 Å². The Hall–Kier alpha value is -2.22. The lowest BCUT2D eigenvalue weighted by molar-refractivity contribution is -0.383. The zero-order valence-corrected chi connectivity index (χ0v) is 14.6. The Balaban J connectivity index is 2.40. The van der Waals surface area contributed by atoms with E-state index < -0.39 is 4.92 Å². The molecule has 2 aromatic rings. The van der Waals surface area contributed by atoms with Crippen molar-refractivity contribution in [3.63, 3.8) is 0 Å². The molecule has 0 unspecified atom stereocenters. The minimum atomic E-state index is -0.447. The molecule has 7 nitrogen and oxygen atoms in total. The van der Waals surface area contributed by atoms with Crippen molar-refractivity contribution in [1.29, 1.82) is 0 Å². The number of aromatic nitrogens is 2. The van der Waals surface area contributed by atoms with Crippen LogP contribution in [0.4, 0.5) is 23.0 Å². The molecule has 1 aromatic carbocycles. The molecule has 0 saturated carbocycles. The second-order valence-corrected chi connectivity index (χ2v) is 5.89. The van der Waals surface area contributed by atoms with Crippen molar-refractivity contribution in [2.45, 2.75) is 19.8 Å². The van der Waals surface area contributed by atoms with Crippen LogP contribution in [0.2, 0.25) is 0 Å². The van der Waals surface area contributed by atoms with E-state index in [9.17, 15) is 10.1 Å². The third kappa shape index (κ3) is 4.16. The molecule has 23 heavy (non-hydrogen) atoms. The van der Waals surface area contributed by atoms with Crippen LogP contribution in [0.25, 0.3) is 0 Å². The van der Waals surface area contributed by atoms with Gasteiger partial charge < -0.3 is 10.2 Å². The van der Waals surface area contributed by atoms with Crippen molar-refractivity contribution < 1.29 is 4.92 Å². The molecule has 1 aromatic heterocycles. The maximum absolute atomic E-state index is 11.5. The smallest absolute Gasteiger partial charge is 0.353 e. The topological polar surface area (TPSA) is 84.2 Å². The lowest BCUT2D eigenvalue weighted by Crippen LogP contribution is -2.21. The Labute approximate surface area is 143 Å². The summed E-state index contributed by atoms with van der Waals surface area (Å²) in [5.41, 5.74) is 0.582. The molecule has 1 N–H and O–H groups in total. The number of anilines is 3. The predicted molar refractivity (Wildman–Crippen MR) is 94.3 cm³/mol. The predicted octanol–water partition coefficient (Wildman–Crippen LogP) is 4.13. The van der Waals surface area contributed by atoms with Crippen LogP contribution < -0.4 is 10.2 Å². The zero-order valence-electron chi connectivity index (χ0n) is 13.0. The van der Waals surface area contributed by atoms with Crippen molar-refractivity contribution in [3.8, 4) is 0 Å². The highest BCUT2D eigenvalue weighted by molar-refractivity contribution is 9.10. The Morgan fingerprint density at radius 2 is 2.09 bits per heavy atom. The Morgan fingerprint density at radius 3 is 2.74 bits per heavy atom. The van der Waals surface area contributed by atoms with Gasteiger partial charge >= 0.3 is 5.69 Å². The molecule has 0 aliphatic carbocycles.